The Hall–Kier alpha value is -0.700. The summed E-state index contributed by atoms with van der Waals surface area (Å²) in [6, 6.07) is 0. The molecule has 2 aliphatic rings. The normalized spacial score (nSPS) is 34.4. The molecular weight excluding hydrogens is 168 g/mol. The van der Waals surface area contributed by atoms with E-state index in [1.54, 1.807) is 6.26 Å². The summed E-state index contributed by atoms with van der Waals surface area (Å²) in [6.45, 7) is 1.25. The molecule has 3 heteroatoms. The topological polar surface area (TPSA) is 38.7 Å². The van der Waals surface area contributed by atoms with E-state index in [1.807, 2.05) is 0 Å². The second-order valence-electron chi connectivity index (χ2n) is 3.70. The van der Waals surface area contributed by atoms with Crippen molar-refractivity contribution in [2.24, 2.45) is 5.92 Å². The number of rotatable bonds is 1. The third kappa shape index (κ3) is 1.97. The molecule has 1 saturated carbocycles. The monoisotopic (exact) mass is 184 g/mol. The zero-order chi connectivity index (χ0) is 9.10. The van der Waals surface area contributed by atoms with Crippen molar-refractivity contribution < 1.29 is 14.6 Å². The van der Waals surface area contributed by atoms with E-state index in [0.29, 0.717) is 13.2 Å². The molecule has 1 fully saturated rings. The van der Waals surface area contributed by atoms with Crippen LogP contribution in [0, 0.1) is 5.92 Å². The Morgan fingerprint density at radius 3 is 2.77 bits per heavy atom. The zero-order valence-electron chi connectivity index (χ0n) is 7.74. The smallest absolute Gasteiger partial charge is 0.136 e. The van der Waals surface area contributed by atoms with Gasteiger partial charge in [-0.2, -0.15) is 0 Å². The van der Waals surface area contributed by atoms with E-state index in [-0.39, 0.29) is 12.0 Å². The summed E-state index contributed by atoms with van der Waals surface area (Å²) in [6.07, 6.45) is 5.67. The van der Waals surface area contributed by atoms with E-state index in [9.17, 15) is 5.11 Å². The van der Waals surface area contributed by atoms with E-state index in [1.165, 1.54) is 6.42 Å². The van der Waals surface area contributed by atoms with Crippen molar-refractivity contribution in [3.63, 3.8) is 0 Å². The summed E-state index contributed by atoms with van der Waals surface area (Å²) in [4.78, 5) is 0. The first-order valence-electron chi connectivity index (χ1n) is 5.00. The van der Waals surface area contributed by atoms with Crippen LogP contribution in [0.2, 0.25) is 0 Å². The summed E-state index contributed by atoms with van der Waals surface area (Å²) < 4.78 is 10.6. The molecule has 2 atom stereocenters. The highest BCUT2D eigenvalue weighted by Crippen LogP contribution is 2.31. The Morgan fingerprint density at radius 2 is 2.08 bits per heavy atom. The Labute approximate surface area is 78.3 Å². The first-order chi connectivity index (χ1) is 6.38. The minimum atomic E-state index is -0.235. The van der Waals surface area contributed by atoms with Gasteiger partial charge in [0, 0.05) is 5.92 Å². The van der Waals surface area contributed by atoms with Crippen LogP contribution in [-0.4, -0.2) is 24.4 Å². The quantitative estimate of drug-likeness (QED) is 0.670. The molecule has 0 bridgehead atoms. The fourth-order valence-electron chi connectivity index (χ4n) is 2.02. The number of ether oxygens (including phenoxy) is 2. The molecule has 0 saturated heterocycles. The van der Waals surface area contributed by atoms with E-state index >= 15 is 0 Å². The Bertz CT molecular complexity index is 200. The van der Waals surface area contributed by atoms with Crippen LogP contribution < -0.4 is 0 Å². The highest BCUT2D eigenvalue weighted by molar-refractivity contribution is 5.01. The molecule has 3 nitrogen and oxygen atoms in total. The lowest BCUT2D eigenvalue weighted by atomic mass is 9.85. The third-order valence-corrected chi connectivity index (χ3v) is 2.76. The van der Waals surface area contributed by atoms with Gasteiger partial charge in [0.05, 0.1) is 6.10 Å². The molecular formula is C10H16O3. The standard InChI is InChI=1S/C10H16O3/c11-9-4-2-1-3-8(9)10-7-12-5-6-13-10/h7-9,11H,1-6H2/t8-,9-/m1/s1. The molecule has 13 heavy (non-hydrogen) atoms. The van der Waals surface area contributed by atoms with Crippen molar-refractivity contribution in [1.82, 2.24) is 0 Å². The van der Waals surface area contributed by atoms with Gasteiger partial charge in [0.25, 0.3) is 0 Å². The van der Waals surface area contributed by atoms with Gasteiger partial charge in [0.2, 0.25) is 0 Å². The summed E-state index contributed by atoms with van der Waals surface area (Å²) in [7, 11) is 0. The average Bonchev–Trinajstić information content (AvgIpc) is 2.20. The maximum Gasteiger partial charge on any atom is 0.136 e. The van der Waals surface area contributed by atoms with Gasteiger partial charge in [-0.25, -0.2) is 0 Å². The SMILES string of the molecule is O[C@@H]1CCCC[C@H]1C1=COCCO1. The van der Waals surface area contributed by atoms with Crippen LogP contribution in [0.25, 0.3) is 0 Å². The third-order valence-electron chi connectivity index (χ3n) is 2.76. The van der Waals surface area contributed by atoms with E-state index in [4.69, 9.17) is 9.47 Å². The molecule has 0 aromatic rings. The van der Waals surface area contributed by atoms with Crippen molar-refractivity contribution in [2.45, 2.75) is 31.8 Å². The first kappa shape index (κ1) is 8.88. The number of aliphatic hydroxyl groups is 1. The first-order valence-corrected chi connectivity index (χ1v) is 5.00. The number of aliphatic hydroxyl groups excluding tert-OH is 1. The van der Waals surface area contributed by atoms with Crippen molar-refractivity contribution in [2.75, 3.05) is 13.2 Å². The van der Waals surface area contributed by atoms with E-state index in [2.05, 4.69) is 0 Å². The average molecular weight is 184 g/mol. The largest absolute Gasteiger partial charge is 0.494 e. The number of hydrogen-bond donors (Lipinski definition) is 1. The van der Waals surface area contributed by atoms with Gasteiger partial charge < -0.3 is 14.6 Å². The zero-order valence-corrected chi connectivity index (χ0v) is 7.74. The maximum absolute atomic E-state index is 9.74. The van der Waals surface area contributed by atoms with Crippen LogP contribution in [0.3, 0.4) is 0 Å². The molecule has 74 valence electrons. The highest BCUT2D eigenvalue weighted by atomic mass is 16.6. The minimum absolute atomic E-state index is 0.175. The predicted molar refractivity (Wildman–Crippen MR) is 48.0 cm³/mol. The van der Waals surface area contributed by atoms with Crippen molar-refractivity contribution >= 4 is 0 Å². The van der Waals surface area contributed by atoms with E-state index < -0.39 is 0 Å². The summed E-state index contributed by atoms with van der Waals surface area (Å²) >= 11 is 0. The van der Waals surface area contributed by atoms with Crippen LogP contribution in [0.1, 0.15) is 25.7 Å². The Morgan fingerprint density at radius 1 is 1.23 bits per heavy atom. The van der Waals surface area contributed by atoms with Crippen molar-refractivity contribution in [3.05, 3.63) is 12.0 Å². The molecule has 1 aliphatic carbocycles. The molecule has 2 rings (SSSR count). The maximum atomic E-state index is 9.74. The Kier molecular flexibility index (Phi) is 2.74. The van der Waals surface area contributed by atoms with Crippen molar-refractivity contribution in [3.8, 4) is 0 Å². The summed E-state index contributed by atoms with van der Waals surface area (Å²) in [5, 5.41) is 9.74. The molecule has 0 radical (unpaired) electrons. The van der Waals surface area contributed by atoms with Gasteiger partial charge in [0.1, 0.15) is 25.2 Å². The van der Waals surface area contributed by atoms with Crippen LogP contribution >= 0.6 is 0 Å². The highest BCUT2D eigenvalue weighted by Gasteiger charge is 2.28. The Balaban J connectivity index is 2.00. The van der Waals surface area contributed by atoms with Gasteiger partial charge >= 0.3 is 0 Å². The lowest BCUT2D eigenvalue weighted by Gasteiger charge is -2.30. The second kappa shape index (κ2) is 4.01. The summed E-state index contributed by atoms with van der Waals surface area (Å²) in [5.41, 5.74) is 0. The number of hydrogen-bond acceptors (Lipinski definition) is 3. The van der Waals surface area contributed by atoms with Gasteiger partial charge in [-0.15, -0.1) is 0 Å². The molecule has 0 aromatic carbocycles. The minimum Gasteiger partial charge on any atom is -0.494 e. The van der Waals surface area contributed by atoms with E-state index in [0.717, 1.165) is 25.0 Å². The van der Waals surface area contributed by atoms with Crippen LogP contribution in [-0.2, 0) is 9.47 Å². The molecule has 0 unspecified atom stereocenters. The van der Waals surface area contributed by atoms with Crippen molar-refractivity contribution in [1.29, 1.82) is 0 Å². The molecule has 0 spiro atoms. The lowest BCUT2D eigenvalue weighted by molar-refractivity contribution is 0.0133. The van der Waals surface area contributed by atoms with Gasteiger partial charge in [-0.3, -0.25) is 0 Å². The fraction of sp³-hybridized carbons (Fsp3) is 0.800. The fourth-order valence-corrected chi connectivity index (χ4v) is 2.02. The second-order valence-corrected chi connectivity index (χ2v) is 3.70. The molecule has 0 amide bonds. The lowest BCUT2D eigenvalue weighted by Crippen LogP contribution is -2.28. The van der Waals surface area contributed by atoms with Crippen LogP contribution in [0.5, 0.6) is 0 Å². The van der Waals surface area contributed by atoms with Crippen LogP contribution in [0.15, 0.2) is 12.0 Å². The molecule has 1 N–H and O–H groups in total. The molecule has 1 aliphatic heterocycles. The predicted octanol–water partition coefficient (Wildman–Crippen LogP) is 1.43. The van der Waals surface area contributed by atoms with Gasteiger partial charge in [-0.05, 0) is 12.8 Å². The summed E-state index contributed by atoms with van der Waals surface area (Å²) in [5.74, 6) is 1.02. The van der Waals surface area contributed by atoms with Crippen LogP contribution in [0.4, 0.5) is 0 Å². The molecule has 0 aromatic heterocycles. The van der Waals surface area contributed by atoms with Gasteiger partial charge in [0.15, 0.2) is 0 Å². The molecule has 1 heterocycles. The van der Waals surface area contributed by atoms with Gasteiger partial charge in [-0.1, -0.05) is 12.8 Å².